The van der Waals surface area contributed by atoms with Crippen LogP contribution in [0.1, 0.15) is 20.3 Å². The number of imide groups is 1. The second-order valence-corrected chi connectivity index (χ2v) is 4.53. The summed E-state index contributed by atoms with van der Waals surface area (Å²) in [5.41, 5.74) is 5.36. The van der Waals surface area contributed by atoms with Crippen LogP contribution in [-0.4, -0.2) is 50.1 Å². The van der Waals surface area contributed by atoms with Crippen LogP contribution < -0.4 is 16.4 Å². The molecule has 0 bridgehead atoms. The Morgan fingerprint density at radius 2 is 2.00 bits per heavy atom. The molecular weight excluding hydrogens is 220 g/mol. The Morgan fingerprint density at radius 1 is 1.35 bits per heavy atom. The molecule has 3 amide bonds. The summed E-state index contributed by atoms with van der Waals surface area (Å²) >= 11 is 0. The zero-order chi connectivity index (χ0) is 13.3. The number of rotatable bonds is 7. The van der Waals surface area contributed by atoms with Gasteiger partial charge in [0, 0.05) is 6.54 Å². The van der Waals surface area contributed by atoms with E-state index in [0.717, 1.165) is 13.0 Å². The van der Waals surface area contributed by atoms with Crippen molar-refractivity contribution in [2.75, 3.05) is 33.2 Å². The fourth-order valence-corrected chi connectivity index (χ4v) is 1.19. The minimum Gasteiger partial charge on any atom is -0.338 e. The second kappa shape index (κ2) is 8.95. The van der Waals surface area contributed by atoms with Gasteiger partial charge in [0.25, 0.3) is 0 Å². The molecule has 0 rings (SSSR count). The SMILES string of the molecule is CC(C)CNC(=O)NC(=O)CN(C)CCCN. The number of amides is 3. The third-order valence-corrected chi connectivity index (χ3v) is 2.08. The molecule has 100 valence electrons. The van der Waals surface area contributed by atoms with Gasteiger partial charge in [-0.2, -0.15) is 0 Å². The number of carbonyl (C=O) groups is 2. The lowest BCUT2D eigenvalue weighted by atomic mass is 10.2. The van der Waals surface area contributed by atoms with Crippen LogP contribution in [0, 0.1) is 5.92 Å². The number of nitrogens with two attached hydrogens (primary N) is 1. The van der Waals surface area contributed by atoms with Crippen molar-refractivity contribution in [3.05, 3.63) is 0 Å². The summed E-state index contributed by atoms with van der Waals surface area (Å²) in [7, 11) is 1.82. The lowest BCUT2D eigenvalue weighted by Gasteiger charge is -2.15. The zero-order valence-corrected chi connectivity index (χ0v) is 11.0. The highest BCUT2D eigenvalue weighted by molar-refractivity contribution is 5.95. The first kappa shape index (κ1) is 15.9. The highest BCUT2D eigenvalue weighted by Crippen LogP contribution is 1.87. The van der Waals surface area contributed by atoms with Gasteiger partial charge in [-0.25, -0.2) is 4.79 Å². The largest absolute Gasteiger partial charge is 0.338 e. The molecule has 0 aromatic heterocycles. The molecule has 0 aliphatic carbocycles. The molecular formula is C11H24N4O2. The van der Waals surface area contributed by atoms with Gasteiger partial charge in [0.2, 0.25) is 5.91 Å². The van der Waals surface area contributed by atoms with Crippen molar-refractivity contribution in [1.82, 2.24) is 15.5 Å². The number of urea groups is 1. The third-order valence-electron chi connectivity index (χ3n) is 2.08. The normalized spacial score (nSPS) is 10.7. The summed E-state index contributed by atoms with van der Waals surface area (Å²) in [6.07, 6.45) is 0.837. The van der Waals surface area contributed by atoms with Crippen molar-refractivity contribution in [1.29, 1.82) is 0 Å². The Hall–Kier alpha value is -1.14. The number of likely N-dealkylation sites (N-methyl/N-ethyl adjacent to an activating group) is 1. The maximum absolute atomic E-state index is 11.4. The molecule has 0 heterocycles. The first-order chi connectivity index (χ1) is 7.95. The smallest absolute Gasteiger partial charge is 0.321 e. The molecule has 0 spiro atoms. The van der Waals surface area contributed by atoms with Crippen molar-refractivity contribution in [3.63, 3.8) is 0 Å². The summed E-state index contributed by atoms with van der Waals surface area (Å²) in [5, 5.41) is 4.90. The van der Waals surface area contributed by atoms with Crippen molar-refractivity contribution in [2.24, 2.45) is 11.7 Å². The van der Waals surface area contributed by atoms with Crippen molar-refractivity contribution in [3.8, 4) is 0 Å². The Labute approximate surface area is 103 Å². The van der Waals surface area contributed by atoms with Gasteiger partial charge in [0.05, 0.1) is 6.54 Å². The van der Waals surface area contributed by atoms with E-state index in [1.165, 1.54) is 0 Å². The Kier molecular flexibility index (Phi) is 8.35. The van der Waals surface area contributed by atoms with Crippen LogP contribution in [0.15, 0.2) is 0 Å². The molecule has 0 aromatic carbocycles. The molecule has 0 radical (unpaired) electrons. The molecule has 6 nitrogen and oxygen atoms in total. The van der Waals surface area contributed by atoms with Gasteiger partial charge >= 0.3 is 6.03 Å². The minimum absolute atomic E-state index is 0.203. The van der Waals surface area contributed by atoms with E-state index in [0.29, 0.717) is 19.0 Å². The van der Waals surface area contributed by atoms with E-state index in [-0.39, 0.29) is 12.5 Å². The molecule has 4 N–H and O–H groups in total. The van der Waals surface area contributed by atoms with Crippen LogP contribution in [0.25, 0.3) is 0 Å². The van der Waals surface area contributed by atoms with Gasteiger partial charge in [-0.05, 0) is 32.5 Å². The summed E-state index contributed by atoms with van der Waals surface area (Å²) < 4.78 is 0. The number of nitrogens with zero attached hydrogens (tertiary/aromatic N) is 1. The number of carbonyl (C=O) groups excluding carboxylic acids is 2. The van der Waals surface area contributed by atoms with Gasteiger partial charge in [0.1, 0.15) is 0 Å². The Morgan fingerprint density at radius 3 is 2.53 bits per heavy atom. The molecule has 17 heavy (non-hydrogen) atoms. The average molecular weight is 244 g/mol. The molecule has 0 fully saturated rings. The van der Waals surface area contributed by atoms with E-state index in [2.05, 4.69) is 10.6 Å². The van der Waals surface area contributed by atoms with Crippen molar-refractivity contribution in [2.45, 2.75) is 20.3 Å². The van der Waals surface area contributed by atoms with Crippen LogP contribution in [0.3, 0.4) is 0 Å². The van der Waals surface area contributed by atoms with Gasteiger partial charge < -0.3 is 11.1 Å². The highest BCUT2D eigenvalue weighted by atomic mass is 16.2. The molecule has 0 saturated heterocycles. The average Bonchev–Trinajstić information content (AvgIpc) is 2.23. The summed E-state index contributed by atoms with van der Waals surface area (Å²) in [5.74, 6) is 0.0638. The van der Waals surface area contributed by atoms with Gasteiger partial charge in [-0.15, -0.1) is 0 Å². The lowest BCUT2D eigenvalue weighted by molar-refractivity contribution is -0.120. The second-order valence-electron chi connectivity index (χ2n) is 4.53. The number of hydrogen-bond donors (Lipinski definition) is 3. The lowest BCUT2D eigenvalue weighted by Crippen LogP contribution is -2.44. The van der Waals surface area contributed by atoms with Crippen molar-refractivity contribution < 1.29 is 9.59 Å². The maximum Gasteiger partial charge on any atom is 0.321 e. The standard InChI is InChI=1S/C11H24N4O2/c1-9(2)7-13-11(17)14-10(16)8-15(3)6-4-5-12/h9H,4-8,12H2,1-3H3,(H2,13,14,16,17). The van der Waals surface area contributed by atoms with Crippen LogP contribution in [0.4, 0.5) is 4.79 Å². The molecule has 0 aliphatic heterocycles. The minimum atomic E-state index is -0.434. The number of nitrogens with one attached hydrogen (secondary N) is 2. The topological polar surface area (TPSA) is 87.5 Å². The van der Waals surface area contributed by atoms with Crippen LogP contribution in [0.5, 0.6) is 0 Å². The summed E-state index contributed by atoms with van der Waals surface area (Å²) in [6.45, 7) is 6.08. The third kappa shape index (κ3) is 9.77. The monoisotopic (exact) mass is 244 g/mol. The Balaban J connectivity index is 3.73. The van der Waals surface area contributed by atoms with Crippen LogP contribution >= 0.6 is 0 Å². The first-order valence-corrected chi connectivity index (χ1v) is 5.92. The summed E-state index contributed by atoms with van der Waals surface area (Å²) in [6, 6.07) is -0.434. The zero-order valence-electron chi connectivity index (χ0n) is 11.0. The molecule has 0 unspecified atom stereocenters. The highest BCUT2D eigenvalue weighted by Gasteiger charge is 2.09. The molecule has 0 aromatic rings. The quantitative estimate of drug-likeness (QED) is 0.576. The Bertz CT molecular complexity index is 244. The summed E-state index contributed by atoms with van der Waals surface area (Å²) in [4.78, 5) is 24.5. The van der Waals surface area contributed by atoms with E-state index in [1.807, 2.05) is 25.8 Å². The maximum atomic E-state index is 11.4. The molecule has 0 atom stereocenters. The van der Waals surface area contributed by atoms with Crippen LogP contribution in [-0.2, 0) is 4.79 Å². The number of hydrogen-bond acceptors (Lipinski definition) is 4. The fourth-order valence-electron chi connectivity index (χ4n) is 1.19. The van der Waals surface area contributed by atoms with Gasteiger partial charge in [0.15, 0.2) is 0 Å². The molecule has 0 saturated carbocycles. The predicted molar refractivity (Wildman–Crippen MR) is 67.5 cm³/mol. The van der Waals surface area contributed by atoms with E-state index in [9.17, 15) is 9.59 Å². The van der Waals surface area contributed by atoms with Gasteiger partial charge in [-0.3, -0.25) is 15.0 Å². The van der Waals surface area contributed by atoms with E-state index in [4.69, 9.17) is 5.73 Å². The predicted octanol–water partition coefficient (Wildman–Crippen LogP) is -0.251. The molecule has 0 aliphatic rings. The van der Waals surface area contributed by atoms with Crippen LogP contribution in [0.2, 0.25) is 0 Å². The van der Waals surface area contributed by atoms with Gasteiger partial charge in [-0.1, -0.05) is 13.8 Å². The van der Waals surface area contributed by atoms with E-state index in [1.54, 1.807) is 0 Å². The molecule has 6 heteroatoms. The fraction of sp³-hybridized carbons (Fsp3) is 0.818. The van der Waals surface area contributed by atoms with E-state index < -0.39 is 6.03 Å². The van der Waals surface area contributed by atoms with E-state index >= 15 is 0 Å². The first-order valence-electron chi connectivity index (χ1n) is 5.92. The van der Waals surface area contributed by atoms with Crippen molar-refractivity contribution >= 4 is 11.9 Å².